The van der Waals surface area contributed by atoms with E-state index in [0.717, 1.165) is 19.5 Å². The average Bonchev–Trinajstić information content (AvgIpc) is 2.88. The third-order valence-corrected chi connectivity index (χ3v) is 4.29. The van der Waals surface area contributed by atoms with Gasteiger partial charge in [-0.3, -0.25) is 4.79 Å². The predicted octanol–water partition coefficient (Wildman–Crippen LogP) is 2.35. The summed E-state index contributed by atoms with van der Waals surface area (Å²) in [4.78, 5) is 13.3. The van der Waals surface area contributed by atoms with Gasteiger partial charge in [0.2, 0.25) is 5.91 Å². The zero-order chi connectivity index (χ0) is 11.6. The molecule has 0 bridgehead atoms. The van der Waals surface area contributed by atoms with E-state index in [-0.39, 0.29) is 29.8 Å². The molecule has 2 heterocycles. The highest BCUT2D eigenvalue weighted by Crippen LogP contribution is 2.26. The molecule has 1 fully saturated rings. The fourth-order valence-corrected chi connectivity index (χ4v) is 2.72. The van der Waals surface area contributed by atoms with Crippen LogP contribution in [0.2, 0.25) is 0 Å². The molecule has 1 amide bonds. The van der Waals surface area contributed by atoms with E-state index in [1.54, 1.807) is 11.3 Å². The Morgan fingerprint density at radius 3 is 2.94 bits per heavy atom. The SMILES string of the molecule is CC(NC(=O)C1(C)CCNC1)c1cccs1.Cl. The molecule has 0 radical (unpaired) electrons. The number of hydrogen-bond acceptors (Lipinski definition) is 3. The molecule has 1 aliphatic rings. The Morgan fingerprint density at radius 1 is 1.65 bits per heavy atom. The van der Waals surface area contributed by atoms with Crippen LogP contribution >= 0.6 is 23.7 Å². The standard InChI is InChI=1S/C12H18N2OS.ClH/c1-9(10-4-3-7-16-10)14-11(15)12(2)5-6-13-8-12;/h3-4,7,9,13H,5-6,8H2,1-2H3,(H,14,15);1H. The largest absolute Gasteiger partial charge is 0.348 e. The van der Waals surface area contributed by atoms with Gasteiger partial charge in [0.25, 0.3) is 0 Å². The van der Waals surface area contributed by atoms with Gasteiger partial charge >= 0.3 is 0 Å². The number of halogens is 1. The topological polar surface area (TPSA) is 41.1 Å². The molecule has 1 saturated heterocycles. The van der Waals surface area contributed by atoms with Crippen LogP contribution < -0.4 is 10.6 Å². The van der Waals surface area contributed by atoms with Gasteiger partial charge in [0, 0.05) is 11.4 Å². The molecule has 1 aliphatic heterocycles. The molecule has 0 saturated carbocycles. The van der Waals surface area contributed by atoms with Crippen molar-refractivity contribution in [3.63, 3.8) is 0 Å². The lowest BCUT2D eigenvalue weighted by atomic mass is 9.88. The maximum Gasteiger partial charge on any atom is 0.227 e. The predicted molar refractivity (Wildman–Crippen MR) is 73.7 cm³/mol. The Labute approximate surface area is 112 Å². The maximum atomic E-state index is 12.1. The van der Waals surface area contributed by atoms with Crippen LogP contribution in [-0.4, -0.2) is 19.0 Å². The van der Waals surface area contributed by atoms with Crippen LogP contribution in [0.25, 0.3) is 0 Å². The molecule has 3 nitrogen and oxygen atoms in total. The zero-order valence-electron chi connectivity index (χ0n) is 10.2. The summed E-state index contributed by atoms with van der Waals surface area (Å²) in [5.41, 5.74) is -0.231. The molecular formula is C12H19ClN2OS. The van der Waals surface area contributed by atoms with Gasteiger partial charge in [-0.1, -0.05) is 6.07 Å². The molecule has 0 spiro atoms. The van der Waals surface area contributed by atoms with Gasteiger partial charge in [0.15, 0.2) is 0 Å². The lowest BCUT2D eigenvalue weighted by Crippen LogP contribution is -2.41. The van der Waals surface area contributed by atoms with Crippen molar-refractivity contribution in [2.24, 2.45) is 5.41 Å². The number of amides is 1. The van der Waals surface area contributed by atoms with Crippen molar-refractivity contribution < 1.29 is 4.79 Å². The van der Waals surface area contributed by atoms with E-state index in [1.165, 1.54) is 4.88 Å². The number of rotatable bonds is 3. The quantitative estimate of drug-likeness (QED) is 0.888. The van der Waals surface area contributed by atoms with Gasteiger partial charge < -0.3 is 10.6 Å². The Morgan fingerprint density at radius 2 is 2.41 bits per heavy atom. The van der Waals surface area contributed by atoms with Gasteiger partial charge in [0.05, 0.1) is 11.5 Å². The minimum absolute atomic E-state index is 0. The van der Waals surface area contributed by atoms with Crippen LogP contribution in [0.1, 0.15) is 31.2 Å². The summed E-state index contributed by atoms with van der Waals surface area (Å²) in [5.74, 6) is 0.165. The van der Waals surface area contributed by atoms with E-state index in [2.05, 4.69) is 16.7 Å². The number of hydrogen-bond donors (Lipinski definition) is 2. The molecule has 96 valence electrons. The Kier molecular flexibility index (Phi) is 4.98. The Balaban J connectivity index is 0.00000144. The minimum atomic E-state index is -0.231. The van der Waals surface area contributed by atoms with Crippen molar-refractivity contribution in [2.45, 2.75) is 26.3 Å². The van der Waals surface area contributed by atoms with Gasteiger partial charge in [-0.2, -0.15) is 0 Å². The van der Waals surface area contributed by atoms with E-state index in [0.29, 0.717) is 0 Å². The molecule has 0 aromatic carbocycles. The second-order valence-electron chi connectivity index (χ2n) is 4.70. The normalized spacial score (nSPS) is 25.1. The summed E-state index contributed by atoms with van der Waals surface area (Å²) in [6, 6.07) is 4.19. The summed E-state index contributed by atoms with van der Waals surface area (Å²) < 4.78 is 0. The Bertz CT molecular complexity index is 361. The van der Waals surface area contributed by atoms with E-state index in [4.69, 9.17) is 0 Å². The Hall–Kier alpha value is -0.580. The highest BCUT2D eigenvalue weighted by molar-refractivity contribution is 7.10. The van der Waals surface area contributed by atoms with E-state index < -0.39 is 0 Å². The fourth-order valence-electron chi connectivity index (χ4n) is 1.99. The van der Waals surface area contributed by atoms with Crippen molar-refractivity contribution in [3.05, 3.63) is 22.4 Å². The molecule has 2 unspecified atom stereocenters. The van der Waals surface area contributed by atoms with E-state index in [1.807, 2.05) is 25.3 Å². The van der Waals surface area contributed by atoms with Gasteiger partial charge in [0.1, 0.15) is 0 Å². The van der Waals surface area contributed by atoms with Crippen LogP contribution in [0.3, 0.4) is 0 Å². The van der Waals surface area contributed by atoms with Crippen LogP contribution in [0.4, 0.5) is 0 Å². The summed E-state index contributed by atoms with van der Waals surface area (Å²) in [6.45, 7) is 5.80. The summed E-state index contributed by atoms with van der Waals surface area (Å²) >= 11 is 1.68. The molecule has 1 aromatic rings. The number of nitrogens with one attached hydrogen (secondary N) is 2. The molecule has 17 heavy (non-hydrogen) atoms. The maximum absolute atomic E-state index is 12.1. The summed E-state index contributed by atoms with van der Waals surface area (Å²) in [6.07, 6.45) is 0.927. The summed E-state index contributed by atoms with van der Waals surface area (Å²) in [5, 5.41) is 8.38. The first-order valence-corrected chi connectivity index (χ1v) is 6.55. The second kappa shape index (κ2) is 5.85. The van der Waals surface area contributed by atoms with Crippen molar-refractivity contribution in [1.29, 1.82) is 0 Å². The molecule has 1 aromatic heterocycles. The van der Waals surface area contributed by atoms with Gasteiger partial charge in [-0.25, -0.2) is 0 Å². The second-order valence-corrected chi connectivity index (χ2v) is 5.68. The van der Waals surface area contributed by atoms with Crippen molar-refractivity contribution >= 4 is 29.7 Å². The van der Waals surface area contributed by atoms with Crippen molar-refractivity contribution in [1.82, 2.24) is 10.6 Å². The van der Waals surface area contributed by atoms with Crippen molar-refractivity contribution in [2.75, 3.05) is 13.1 Å². The lowest BCUT2D eigenvalue weighted by molar-refractivity contribution is -0.129. The number of carbonyl (C=O) groups excluding carboxylic acids is 1. The smallest absolute Gasteiger partial charge is 0.227 e. The lowest BCUT2D eigenvalue weighted by Gasteiger charge is -2.24. The molecule has 2 rings (SSSR count). The number of thiophene rings is 1. The first-order valence-electron chi connectivity index (χ1n) is 5.67. The minimum Gasteiger partial charge on any atom is -0.348 e. The zero-order valence-corrected chi connectivity index (χ0v) is 11.8. The number of carbonyl (C=O) groups is 1. The molecular weight excluding hydrogens is 256 g/mol. The highest BCUT2D eigenvalue weighted by atomic mass is 35.5. The molecule has 5 heteroatoms. The van der Waals surface area contributed by atoms with E-state index in [9.17, 15) is 4.79 Å². The van der Waals surface area contributed by atoms with Gasteiger partial charge in [-0.15, -0.1) is 23.7 Å². The van der Waals surface area contributed by atoms with Crippen LogP contribution in [0, 0.1) is 5.41 Å². The van der Waals surface area contributed by atoms with Crippen LogP contribution in [0.15, 0.2) is 17.5 Å². The molecule has 2 N–H and O–H groups in total. The summed E-state index contributed by atoms with van der Waals surface area (Å²) in [7, 11) is 0. The highest BCUT2D eigenvalue weighted by Gasteiger charge is 2.36. The third kappa shape index (κ3) is 3.21. The van der Waals surface area contributed by atoms with Crippen LogP contribution in [0.5, 0.6) is 0 Å². The monoisotopic (exact) mass is 274 g/mol. The molecule has 2 atom stereocenters. The fraction of sp³-hybridized carbons (Fsp3) is 0.583. The first kappa shape index (κ1) is 14.5. The van der Waals surface area contributed by atoms with Crippen molar-refractivity contribution in [3.8, 4) is 0 Å². The first-order chi connectivity index (χ1) is 7.62. The van der Waals surface area contributed by atoms with E-state index >= 15 is 0 Å². The third-order valence-electron chi connectivity index (χ3n) is 3.23. The average molecular weight is 275 g/mol. The molecule has 0 aliphatic carbocycles. The van der Waals surface area contributed by atoms with Gasteiger partial charge in [-0.05, 0) is 38.3 Å². The van der Waals surface area contributed by atoms with Crippen LogP contribution in [-0.2, 0) is 4.79 Å².